The first-order valence-electron chi connectivity index (χ1n) is 12.4. The standard InChI is InChI=1S/C27H25N7O4S2/c1-14-6-11-21(38-14)23-18(12-28)25(29)34(19-4-3-5-20(36)24(19)23)26-32-33-27(40-26)39-13-22(37)31-17-9-7-16(8-10-17)30-15(2)35/h6-11,23H,3-5,13,29H2,1-2H3,(H,30,35)(H,31,37). The van der Waals surface area contributed by atoms with Crippen molar-refractivity contribution in [3.05, 3.63) is 70.6 Å². The van der Waals surface area contributed by atoms with Crippen LogP contribution < -0.4 is 21.3 Å². The van der Waals surface area contributed by atoms with Crippen LogP contribution in [-0.2, 0) is 14.4 Å². The van der Waals surface area contributed by atoms with Crippen molar-refractivity contribution in [2.45, 2.75) is 43.4 Å². The largest absolute Gasteiger partial charge is 0.465 e. The highest BCUT2D eigenvalue weighted by Gasteiger charge is 2.42. The number of amides is 2. The van der Waals surface area contributed by atoms with Crippen LogP contribution in [0.4, 0.5) is 16.5 Å². The average molecular weight is 576 g/mol. The molecule has 2 aliphatic rings. The zero-order chi connectivity index (χ0) is 28.4. The number of ketones is 1. The highest BCUT2D eigenvalue weighted by atomic mass is 32.2. The first-order valence-corrected chi connectivity index (χ1v) is 14.2. The molecule has 4 N–H and O–H groups in total. The number of nitriles is 1. The SMILES string of the molecule is CC(=O)Nc1ccc(NC(=O)CSc2nnc(N3C(N)=C(C#N)C(c4ccc(C)o4)C4=C3CCCC4=O)s2)cc1. The zero-order valence-electron chi connectivity index (χ0n) is 21.7. The Morgan fingerprint density at radius 2 is 1.90 bits per heavy atom. The fraction of sp³-hybridized carbons (Fsp3) is 0.259. The van der Waals surface area contributed by atoms with Gasteiger partial charge in [0.1, 0.15) is 17.3 Å². The van der Waals surface area contributed by atoms with E-state index < -0.39 is 5.92 Å². The first kappa shape index (κ1) is 27.2. The molecule has 2 aromatic heterocycles. The third-order valence-electron chi connectivity index (χ3n) is 6.36. The van der Waals surface area contributed by atoms with Crippen molar-refractivity contribution in [1.29, 1.82) is 5.26 Å². The zero-order valence-corrected chi connectivity index (χ0v) is 23.3. The number of carbonyl (C=O) groups is 3. The number of nitrogens with two attached hydrogens (primary N) is 1. The van der Waals surface area contributed by atoms with Crippen molar-refractivity contribution in [3.63, 3.8) is 0 Å². The summed E-state index contributed by atoms with van der Waals surface area (Å²) in [4.78, 5) is 38.5. The highest BCUT2D eigenvalue weighted by molar-refractivity contribution is 8.01. The van der Waals surface area contributed by atoms with E-state index in [4.69, 9.17) is 10.2 Å². The topological polar surface area (TPSA) is 167 Å². The fourth-order valence-corrected chi connectivity index (χ4v) is 6.39. The van der Waals surface area contributed by atoms with Gasteiger partial charge in [0, 0.05) is 36.0 Å². The normalized spacial score (nSPS) is 17.0. The Bertz CT molecular complexity index is 1600. The molecule has 0 spiro atoms. The van der Waals surface area contributed by atoms with Crippen molar-refractivity contribution in [1.82, 2.24) is 10.2 Å². The Labute approximate surface area is 238 Å². The molecule has 1 aliphatic carbocycles. The number of carbonyl (C=O) groups excluding carboxylic acids is 3. The van der Waals surface area contributed by atoms with E-state index in [0.717, 1.165) is 0 Å². The third kappa shape index (κ3) is 5.49. The summed E-state index contributed by atoms with van der Waals surface area (Å²) >= 11 is 2.44. The molecule has 1 unspecified atom stereocenters. The van der Waals surface area contributed by atoms with E-state index >= 15 is 0 Å². The van der Waals surface area contributed by atoms with Crippen LogP contribution in [0.25, 0.3) is 0 Å². The van der Waals surface area contributed by atoms with Crippen molar-refractivity contribution < 1.29 is 18.8 Å². The van der Waals surface area contributed by atoms with E-state index in [9.17, 15) is 19.6 Å². The van der Waals surface area contributed by atoms with E-state index in [1.54, 1.807) is 48.2 Å². The molecular formula is C27H25N7O4S2. The molecule has 2 amide bonds. The lowest BCUT2D eigenvalue weighted by Crippen LogP contribution is -2.38. The molecule has 40 heavy (non-hydrogen) atoms. The van der Waals surface area contributed by atoms with Gasteiger partial charge in [0.15, 0.2) is 10.1 Å². The number of nitrogens with zero attached hydrogens (tertiary/aromatic N) is 4. The van der Waals surface area contributed by atoms with Gasteiger partial charge in [-0.2, -0.15) is 5.26 Å². The van der Waals surface area contributed by atoms with Gasteiger partial charge in [0.05, 0.1) is 23.3 Å². The fourth-order valence-electron chi connectivity index (χ4n) is 4.71. The summed E-state index contributed by atoms with van der Waals surface area (Å²) in [6.07, 6.45) is 1.62. The highest BCUT2D eigenvalue weighted by Crippen LogP contribution is 2.47. The van der Waals surface area contributed by atoms with Crippen molar-refractivity contribution in [3.8, 4) is 6.07 Å². The summed E-state index contributed by atoms with van der Waals surface area (Å²) < 4.78 is 6.37. The minimum atomic E-state index is -0.671. The molecular weight excluding hydrogens is 550 g/mol. The number of rotatable bonds is 7. The molecule has 1 aliphatic heterocycles. The molecule has 13 heteroatoms. The lowest BCUT2D eigenvalue weighted by atomic mass is 9.78. The molecule has 1 atom stereocenters. The quantitative estimate of drug-likeness (QED) is 0.343. The molecule has 3 heterocycles. The van der Waals surface area contributed by atoms with E-state index in [0.29, 0.717) is 62.9 Å². The van der Waals surface area contributed by atoms with Gasteiger partial charge in [-0.15, -0.1) is 10.2 Å². The third-order valence-corrected chi connectivity index (χ3v) is 8.40. The molecule has 0 saturated carbocycles. The Kier molecular flexibility index (Phi) is 7.72. The minimum absolute atomic E-state index is 0.0496. The van der Waals surface area contributed by atoms with Gasteiger partial charge >= 0.3 is 0 Å². The molecule has 5 rings (SSSR count). The number of Topliss-reactive ketones (excluding diaryl/α,β-unsaturated/α-hetero) is 1. The van der Waals surface area contributed by atoms with Crippen LogP contribution in [0.3, 0.4) is 0 Å². The number of aromatic nitrogens is 2. The summed E-state index contributed by atoms with van der Waals surface area (Å²) in [6.45, 7) is 3.23. The second-order valence-electron chi connectivity index (χ2n) is 9.21. The molecule has 3 aromatic rings. The number of furan rings is 1. The predicted molar refractivity (Wildman–Crippen MR) is 151 cm³/mol. The summed E-state index contributed by atoms with van der Waals surface area (Å²) in [7, 11) is 0. The number of thioether (sulfide) groups is 1. The van der Waals surface area contributed by atoms with Crippen molar-refractivity contribution in [2.75, 3.05) is 21.3 Å². The molecule has 0 saturated heterocycles. The van der Waals surface area contributed by atoms with Crippen molar-refractivity contribution >= 4 is 57.2 Å². The smallest absolute Gasteiger partial charge is 0.234 e. The monoisotopic (exact) mass is 575 g/mol. The summed E-state index contributed by atoms with van der Waals surface area (Å²) in [5, 5.41) is 24.5. The van der Waals surface area contributed by atoms with Gasteiger partial charge in [-0.05, 0) is 56.2 Å². The lowest BCUT2D eigenvalue weighted by molar-refractivity contribution is -0.116. The van der Waals surface area contributed by atoms with Crippen LogP contribution in [0.15, 0.2) is 67.8 Å². The van der Waals surface area contributed by atoms with Gasteiger partial charge in [-0.3, -0.25) is 19.3 Å². The first-order chi connectivity index (χ1) is 19.2. The summed E-state index contributed by atoms with van der Waals surface area (Å²) in [6, 6.07) is 12.6. The number of nitrogens with one attached hydrogen (secondary N) is 2. The maximum atomic E-state index is 13.2. The Morgan fingerprint density at radius 3 is 2.55 bits per heavy atom. The van der Waals surface area contributed by atoms with Crippen LogP contribution in [0.1, 0.15) is 43.6 Å². The van der Waals surface area contributed by atoms with Crippen LogP contribution in [0.2, 0.25) is 0 Å². The number of benzene rings is 1. The molecule has 204 valence electrons. The van der Waals surface area contributed by atoms with Gasteiger partial charge in [0.25, 0.3) is 0 Å². The maximum Gasteiger partial charge on any atom is 0.234 e. The molecule has 11 nitrogen and oxygen atoms in total. The second kappa shape index (κ2) is 11.4. The number of aryl methyl sites for hydroxylation is 1. The van der Waals surface area contributed by atoms with Crippen LogP contribution in [-0.4, -0.2) is 33.5 Å². The van der Waals surface area contributed by atoms with E-state index in [2.05, 4.69) is 26.9 Å². The summed E-state index contributed by atoms with van der Waals surface area (Å²) in [5.74, 6) is 0.315. The average Bonchev–Trinajstić information content (AvgIpc) is 3.57. The Hall–Kier alpha value is -4.41. The van der Waals surface area contributed by atoms with E-state index in [1.165, 1.54) is 30.0 Å². The predicted octanol–water partition coefficient (Wildman–Crippen LogP) is 4.43. The molecule has 0 fully saturated rings. The van der Waals surface area contributed by atoms with Gasteiger partial charge < -0.3 is 20.8 Å². The van der Waals surface area contributed by atoms with E-state index in [1.807, 2.05) is 0 Å². The lowest BCUT2D eigenvalue weighted by Gasteiger charge is -2.37. The van der Waals surface area contributed by atoms with Gasteiger partial charge in [0.2, 0.25) is 16.9 Å². The number of allylic oxidation sites excluding steroid dienone is 3. The van der Waals surface area contributed by atoms with Gasteiger partial charge in [-0.25, -0.2) is 0 Å². The Morgan fingerprint density at radius 1 is 1.18 bits per heavy atom. The van der Waals surface area contributed by atoms with Crippen molar-refractivity contribution in [2.24, 2.45) is 5.73 Å². The minimum Gasteiger partial charge on any atom is -0.465 e. The molecule has 0 bridgehead atoms. The van der Waals surface area contributed by atoms with E-state index in [-0.39, 0.29) is 34.7 Å². The van der Waals surface area contributed by atoms with Crippen LogP contribution in [0, 0.1) is 18.3 Å². The molecule has 0 radical (unpaired) electrons. The number of anilines is 3. The summed E-state index contributed by atoms with van der Waals surface area (Å²) in [5.41, 5.74) is 9.19. The maximum absolute atomic E-state index is 13.2. The van der Waals surface area contributed by atoms with Gasteiger partial charge in [-0.1, -0.05) is 23.1 Å². The second-order valence-corrected chi connectivity index (χ2v) is 11.4. The number of hydrogen-bond donors (Lipinski definition) is 3. The number of hydrogen-bond acceptors (Lipinski definition) is 11. The Balaban J connectivity index is 1.34. The molecule has 1 aromatic carbocycles. The van der Waals surface area contributed by atoms with Crippen LogP contribution >= 0.6 is 23.1 Å². The van der Waals surface area contributed by atoms with Crippen LogP contribution in [0.5, 0.6) is 0 Å².